The van der Waals surface area contributed by atoms with Gasteiger partial charge in [-0.05, 0) is 42.0 Å². The Morgan fingerprint density at radius 1 is 0.897 bits per heavy atom. The second-order valence-electron chi connectivity index (χ2n) is 7.32. The van der Waals surface area contributed by atoms with Crippen LogP contribution in [0.3, 0.4) is 0 Å². The van der Waals surface area contributed by atoms with Gasteiger partial charge in [0, 0.05) is 53.9 Å². The molecule has 0 spiro atoms. The van der Waals surface area contributed by atoms with Crippen LogP contribution in [0.5, 0.6) is 0 Å². The molecule has 1 aliphatic rings. The average molecular weight is 428 g/mol. The maximum Gasteiger partial charge on any atom is 0.229 e. The van der Waals surface area contributed by atoms with Crippen LogP contribution in [-0.2, 0) is 16.6 Å². The summed E-state index contributed by atoms with van der Waals surface area (Å²) in [5, 5.41) is 0. The number of nitrogens with zero attached hydrogens (tertiary/aromatic N) is 2. The fourth-order valence-electron chi connectivity index (χ4n) is 3.56. The quantitative estimate of drug-likeness (QED) is 0.643. The van der Waals surface area contributed by atoms with E-state index in [0.717, 1.165) is 44.7 Å². The first kappa shape index (κ1) is 19.9. The number of thiophene rings is 1. The summed E-state index contributed by atoms with van der Waals surface area (Å²) in [5.74, 6) is 0. The van der Waals surface area contributed by atoms with Crippen LogP contribution in [0.4, 0.5) is 11.4 Å². The molecule has 0 aliphatic carbocycles. The van der Waals surface area contributed by atoms with Crippen molar-refractivity contribution >= 4 is 32.7 Å². The largest absolute Gasteiger partial charge is 0.369 e. The Morgan fingerprint density at radius 2 is 1.59 bits per heavy atom. The van der Waals surface area contributed by atoms with Crippen LogP contribution in [0.15, 0.2) is 66.7 Å². The number of hydrogen-bond donors (Lipinski definition) is 1. The van der Waals surface area contributed by atoms with E-state index in [1.54, 1.807) is 0 Å². The lowest BCUT2D eigenvalue weighted by atomic mass is 10.2. The van der Waals surface area contributed by atoms with E-state index in [9.17, 15) is 8.42 Å². The number of anilines is 2. The van der Waals surface area contributed by atoms with E-state index < -0.39 is 10.0 Å². The number of hydrogen-bond acceptors (Lipinski definition) is 5. The standard InChI is InChI=1S/C22H25N3O2S2/c1-29(26,27)23-19-7-9-20(10-8-19)25-15-13-24(14-16-25)17-21-11-12-22(28-21)18-5-3-2-4-6-18/h2-12,23H,13-17H2,1H3. The summed E-state index contributed by atoms with van der Waals surface area (Å²) >= 11 is 1.87. The Kier molecular flexibility index (Phi) is 5.89. The monoisotopic (exact) mass is 427 g/mol. The summed E-state index contributed by atoms with van der Waals surface area (Å²) in [4.78, 5) is 7.57. The molecule has 152 valence electrons. The van der Waals surface area contributed by atoms with Gasteiger partial charge in [-0.15, -0.1) is 11.3 Å². The van der Waals surface area contributed by atoms with Crippen molar-refractivity contribution in [1.29, 1.82) is 0 Å². The lowest BCUT2D eigenvalue weighted by Crippen LogP contribution is -2.45. The maximum atomic E-state index is 11.3. The van der Waals surface area contributed by atoms with Gasteiger partial charge in [0.1, 0.15) is 0 Å². The molecule has 2 aromatic carbocycles. The molecule has 0 saturated carbocycles. The molecule has 4 rings (SSSR count). The van der Waals surface area contributed by atoms with E-state index in [-0.39, 0.29) is 0 Å². The Labute approximate surface area is 176 Å². The van der Waals surface area contributed by atoms with Gasteiger partial charge in [-0.25, -0.2) is 8.42 Å². The third kappa shape index (κ3) is 5.38. The Bertz CT molecular complexity index is 1040. The molecule has 1 fully saturated rings. The van der Waals surface area contributed by atoms with Crippen LogP contribution < -0.4 is 9.62 Å². The van der Waals surface area contributed by atoms with Gasteiger partial charge in [-0.1, -0.05) is 30.3 Å². The minimum atomic E-state index is -3.24. The van der Waals surface area contributed by atoms with Gasteiger partial charge in [-0.2, -0.15) is 0 Å². The van der Waals surface area contributed by atoms with Crippen molar-refractivity contribution in [1.82, 2.24) is 4.90 Å². The minimum absolute atomic E-state index is 0.599. The summed E-state index contributed by atoms with van der Waals surface area (Å²) < 4.78 is 25.2. The van der Waals surface area contributed by atoms with Crippen molar-refractivity contribution in [3.05, 3.63) is 71.6 Å². The molecular weight excluding hydrogens is 402 g/mol. The second-order valence-corrected chi connectivity index (χ2v) is 10.2. The van der Waals surface area contributed by atoms with E-state index in [0.29, 0.717) is 5.69 Å². The number of piperazine rings is 1. The molecule has 1 aliphatic heterocycles. The lowest BCUT2D eigenvalue weighted by molar-refractivity contribution is 0.252. The second kappa shape index (κ2) is 8.57. The first-order valence-corrected chi connectivity index (χ1v) is 12.4. The van der Waals surface area contributed by atoms with Crippen LogP contribution in [0, 0.1) is 0 Å². The van der Waals surface area contributed by atoms with Gasteiger partial charge in [0.25, 0.3) is 0 Å². The van der Waals surface area contributed by atoms with Gasteiger partial charge < -0.3 is 4.90 Å². The van der Waals surface area contributed by atoms with Crippen LogP contribution in [0.1, 0.15) is 4.88 Å². The Morgan fingerprint density at radius 3 is 2.24 bits per heavy atom. The molecule has 5 nitrogen and oxygen atoms in total. The third-order valence-electron chi connectivity index (χ3n) is 5.01. The van der Waals surface area contributed by atoms with E-state index in [4.69, 9.17) is 0 Å². The van der Waals surface area contributed by atoms with Crippen LogP contribution in [0.2, 0.25) is 0 Å². The molecule has 2 heterocycles. The molecule has 0 atom stereocenters. The van der Waals surface area contributed by atoms with Gasteiger partial charge in [-0.3, -0.25) is 9.62 Å². The zero-order chi connectivity index (χ0) is 20.3. The highest BCUT2D eigenvalue weighted by atomic mass is 32.2. The molecule has 0 bridgehead atoms. The van der Waals surface area contributed by atoms with Crippen molar-refractivity contribution in [3.63, 3.8) is 0 Å². The van der Waals surface area contributed by atoms with Crippen LogP contribution in [0.25, 0.3) is 10.4 Å². The minimum Gasteiger partial charge on any atom is -0.369 e. The number of benzene rings is 2. The fourth-order valence-corrected chi connectivity index (χ4v) is 5.18. The molecule has 1 saturated heterocycles. The molecule has 0 amide bonds. The smallest absolute Gasteiger partial charge is 0.229 e. The van der Waals surface area contributed by atoms with Crippen molar-refractivity contribution in [3.8, 4) is 10.4 Å². The molecule has 7 heteroatoms. The summed E-state index contributed by atoms with van der Waals surface area (Å²) in [6.45, 7) is 4.96. The van der Waals surface area contributed by atoms with E-state index in [1.807, 2.05) is 41.7 Å². The molecule has 0 radical (unpaired) electrons. The first-order valence-electron chi connectivity index (χ1n) is 9.65. The van der Waals surface area contributed by atoms with Crippen molar-refractivity contribution < 1.29 is 8.42 Å². The predicted molar refractivity (Wildman–Crippen MR) is 122 cm³/mol. The summed E-state index contributed by atoms with van der Waals surface area (Å²) in [6, 6.07) is 22.6. The van der Waals surface area contributed by atoms with Gasteiger partial charge in [0.05, 0.1) is 6.26 Å². The molecule has 1 N–H and O–H groups in total. The molecular formula is C22H25N3O2S2. The van der Waals surface area contributed by atoms with Gasteiger partial charge >= 0.3 is 0 Å². The highest BCUT2D eigenvalue weighted by molar-refractivity contribution is 7.92. The molecule has 0 unspecified atom stereocenters. The Hall–Kier alpha value is -2.35. The zero-order valence-corrected chi connectivity index (χ0v) is 18.0. The number of rotatable bonds is 6. The molecule has 1 aromatic heterocycles. The summed E-state index contributed by atoms with van der Waals surface area (Å²) in [5.41, 5.74) is 3.01. The van der Waals surface area contributed by atoms with E-state index >= 15 is 0 Å². The number of nitrogens with one attached hydrogen (secondary N) is 1. The number of sulfonamides is 1. The lowest BCUT2D eigenvalue weighted by Gasteiger charge is -2.36. The van der Waals surface area contributed by atoms with Crippen molar-refractivity contribution in [2.45, 2.75) is 6.54 Å². The van der Waals surface area contributed by atoms with Crippen molar-refractivity contribution in [2.24, 2.45) is 0 Å². The summed E-state index contributed by atoms with van der Waals surface area (Å²) in [6.07, 6.45) is 1.16. The normalized spacial score (nSPS) is 15.4. The highest BCUT2D eigenvalue weighted by Gasteiger charge is 2.18. The topological polar surface area (TPSA) is 52.7 Å². The Balaban J connectivity index is 1.31. The SMILES string of the molecule is CS(=O)(=O)Nc1ccc(N2CCN(Cc3ccc(-c4ccccc4)s3)CC2)cc1. The van der Waals surface area contributed by atoms with Crippen LogP contribution in [-0.4, -0.2) is 45.8 Å². The van der Waals surface area contributed by atoms with Gasteiger partial charge in [0.15, 0.2) is 0 Å². The van der Waals surface area contributed by atoms with Crippen LogP contribution >= 0.6 is 11.3 Å². The first-order chi connectivity index (χ1) is 14.0. The molecule has 3 aromatic rings. The zero-order valence-electron chi connectivity index (χ0n) is 16.4. The third-order valence-corrected chi connectivity index (χ3v) is 6.73. The summed E-state index contributed by atoms with van der Waals surface area (Å²) in [7, 11) is -3.24. The van der Waals surface area contributed by atoms with E-state index in [1.165, 1.54) is 15.3 Å². The average Bonchev–Trinajstić information content (AvgIpc) is 3.17. The fraction of sp³-hybridized carbons (Fsp3) is 0.273. The molecule has 29 heavy (non-hydrogen) atoms. The maximum absolute atomic E-state index is 11.3. The van der Waals surface area contributed by atoms with Crippen molar-refractivity contribution in [2.75, 3.05) is 42.1 Å². The predicted octanol–water partition coefficient (Wildman–Crippen LogP) is 4.11. The van der Waals surface area contributed by atoms with E-state index in [2.05, 4.69) is 50.9 Å². The van der Waals surface area contributed by atoms with Gasteiger partial charge in [0.2, 0.25) is 10.0 Å². The highest BCUT2D eigenvalue weighted by Crippen LogP contribution is 2.29.